The van der Waals surface area contributed by atoms with Crippen LogP contribution in [0.15, 0.2) is 12.7 Å². The Kier molecular flexibility index (Phi) is 7.14. The number of esters is 1. The first kappa shape index (κ1) is 16.2. The second-order valence-electron chi connectivity index (χ2n) is 5.64. The summed E-state index contributed by atoms with van der Waals surface area (Å²) in [6, 6.07) is 0. The lowest BCUT2D eigenvalue weighted by molar-refractivity contribution is -0.164. The molecule has 0 spiro atoms. The molecule has 0 heterocycles. The van der Waals surface area contributed by atoms with Crippen LogP contribution >= 0.6 is 0 Å². The van der Waals surface area contributed by atoms with Gasteiger partial charge >= 0.3 is 5.97 Å². The van der Waals surface area contributed by atoms with Crippen molar-refractivity contribution in [2.45, 2.75) is 70.3 Å². The van der Waals surface area contributed by atoms with Gasteiger partial charge in [-0.15, -0.1) is 6.58 Å². The normalized spacial score (nSPS) is 26.3. The average molecular weight is 268 g/mol. The Morgan fingerprint density at radius 2 is 2.16 bits per heavy atom. The molecule has 0 saturated heterocycles. The minimum absolute atomic E-state index is 0.342. The van der Waals surface area contributed by atoms with E-state index in [2.05, 4.69) is 6.58 Å². The molecule has 110 valence electrons. The number of hydrogen-bond donors (Lipinski definition) is 1. The van der Waals surface area contributed by atoms with Crippen LogP contribution in [0, 0.1) is 5.92 Å². The van der Waals surface area contributed by atoms with Gasteiger partial charge in [0.05, 0.1) is 6.61 Å². The maximum Gasteiger partial charge on any atom is 0.338 e. The zero-order chi connectivity index (χ0) is 14.1. The molecular weight excluding hydrogens is 240 g/mol. The number of carbonyl (C=O) groups excluding carboxylic acids is 1. The molecule has 0 radical (unpaired) electrons. The van der Waals surface area contributed by atoms with Gasteiger partial charge in [-0.2, -0.15) is 0 Å². The number of rotatable bonds is 9. The van der Waals surface area contributed by atoms with E-state index in [0.717, 1.165) is 19.3 Å². The Balaban J connectivity index is 2.17. The average Bonchev–Trinajstić information content (AvgIpc) is 2.77. The van der Waals surface area contributed by atoms with Crippen molar-refractivity contribution >= 4 is 5.97 Å². The van der Waals surface area contributed by atoms with E-state index in [-0.39, 0.29) is 0 Å². The van der Waals surface area contributed by atoms with E-state index in [1.165, 1.54) is 25.7 Å². The van der Waals surface area contributed by atoms with E-state index in [0.29, 0.717) is 25.4 Å². The minimum Gasteiger partial charge on any atom is -0.464 e. The van der Waals surface area contributed by atoms with Crippen LogP contribution in [0.2, 0.25) is 0 Å². The monoisotopic (exact) mass is 268 g/mol. The number of unbranched alkanes of at least 4 members (excludes halogenated alkanes) is 4. The molecule has 19 heavy (non-hydrogen) atoms. The lowest BCUT2D eigenvalue weighted by Crippen LogP contribution is -2.37. The molecule has 1 N–H and O–H groups in total. The van der Waals surface area contributed by atoms with Gasteiger partial charge in [0, 0.05) is 0 Å². The van der Waals surface area contributed by atoms with Crippen molar-refractivity contribution in [3.8, 4) is 0 Å². The van der Waals surface area contributed by atoms with E-state index in [4.69, 9.17) is 4.74 Å². The van der Waals surface area contributed by atoms with Crippen LogP contribution in [0.3, 0.4) is 0 Å². The summed E-state index contributed by atoms with van der Waals surface area (Å²) in [6.07, 6.45) is 11.2. The summed E-state index contributed by atoms with van der Waals surface area (Å²) in [5.74, 6) is 0.0530. The van der Waals surface area contributed by atoms with Crippen LogP contribution in [-0.2, 0) is 9.53 Å². The molecule has 2 unspecified atom stereocenters. The van der Waals surface area contributed by atoms with E-state index in [1.807, 2.05) is 6.08 Å². The lowest BCUT2D eigenvalue weighted by Gasteiger charge is -2.20. The molecular formula is C16H28O3. The number of aliphatic hydroxyl groups is 1. The Hall–Kier alpha value is -0.830. The SMILES string of the molecule is C=CCCCCCCC1CCC(O)(C(=O)OCC)C1. The second kappa shape index (κ2) is 8.36. The van der Waals surface area contributed by atoms with Crippen LogP contribution in [0.25, 0.3) is 0 Å². The van der Waals surface area contributed by atoms with Gasteiger partial charge in [-0.3, -0.25) is 0 Å². The van der Waals surface area contributed by atoms with E-state index in [9.17, 15) is 9.90 Å². The second-order valence-corrected chi connectivity index (χ2v) is 5.64. The third-order valence-corrected chi connectivity index (χ3v) is 4.02. The van der Waals surface area contributed by atoms with Gasteiger partial charge in [0.15, 0.2) is 5.60 Å². The molecule has 1 fully saturated rings. The van der Waals surface area contributed by atoms with Crippen molar-refractivity contribution in [3.63, 3.8) is 0 Å². The molecule has 1 aliphatic rings. The number of allylic oxidation sites excluding steroid dienone is 1. The van der Waals surface area contributed by atoms with Crippen molar-refractivity contribution in [3.05, 3.63) is 12.7 Å². The predicted octanol–water partition coefficient (Wildman–Crippen LogP) is 3.61. The molecule has 0 amide bonds. The van der Waals surface area contributed by atoms with Crippen molar-refractivity contribution in [2.75, 3.05) is 6.61 Å². The highest BCUT2D eigenvalue weighted by Crippen LogP contribution is 2.38. The Morgan fingerprint density at radius 1 is 1.42 bits per heavy atom. The van der Waals surface area contributed by atoms with Crippen molar-refractivity contribution in [1.29, 1.82) is 0 Å². The maximum absolute atomic E-state index is 11.7. The van der Waals surface area contributed by atoms with Crippen molar-refractivity contribution < 1.29 is 14.6 Å². The van der Waals surface area contributed by atoms with Crippen molar-refractivity contribution in [1.82, 2.24) is 0 Å². The van der Waals surface area contributed by atoms with E-state index in [1.54, 1.807) is 6.92 Å². The minimum atomic E-state index is -1.20. The van der Waals surface area contributed by atoms with Gasteiger partial charge in [-0.25, -0.2) is 4.79 Å². The summed E-state index contributed by atoms with van der Waals surface area (Å²) in [7, 11) is 0. The zero-order valence-corrected chi connectivity index (χ0v) is 12.2. The fourth-order valence-corrected chi connectivity index (χ4v) is 2.90. The number of carbonyl (C=O) groups is 1. The van der Waals surface area contributed by atoms with Gasteiger partial charge in [0.2, 0.25) is 0 Å². The molecule has 1 aliphatic carbocycles. The highest BCUT2D eigenvalue weighted by molar-refractivity contribution is 5.79. The fourth-order valence-electron chi connectivity index (χ4n) is 2.90. The zero-order valence-electron chi connectivity index (χ0n) is 12.2. The van der Waals surface area contributed by atoms with Crippen molar-refractivity contribution in [2.24, 2.45) is 5.92 Å². The summed E-state index contributed by atoms with van der Waals surface area (Å²) < 4.78 is 4.95. The molecule has 2 atom stereocenters. The van der Waals surface area contributed by atoms with Crippen LogP contribution in [0.1, 0.15) is 64.7 Å². The Labute approximate surface area is 117 Å². The summed E-state index contributed by atoms with van der Waals surface area (Å²) in [5.41, 5.74) is -1.20. The lowest BCUT2D eigenvalue weighted by atomic mass is 9.96. The molecule has 0 aromatic heterocycles. The summed E-state index contributed by atoms with van der Waals surface area (Å²) in [6.45, 7) is 5.83. The molecule has 3 nitrogen and oxygen atoms in total. The molecule has 1 saturated carbocycles. The molecule has 1 rings (SSSR count). The van der Waals surface area contributed by atoms with Gasteiger partial charge in [-0.05, 0) is 44.9 Å². The molecule has 0 aromatic carbocycles. The predicted molar refractivity (Wildman–Crippen MR) is 76.8 cm³/mol. The van der Waals surface area contributed by atoms with Gasteiger partial charge in [-0.1, -0.05) is 31.8 Å². The smallest absolute Gasteiger partial charge is 0.338 e. The standard InChI is InChI=1S/C16H28O3/c1-3-5-6-7-8-9-10-14-11-12-16(18,13-14)15(17)19-4-2/h3,14,18H,1,4-13H2,2H3. The number of ether oxygens (including phenoxy) is 1. The summed E-state index contributed by atoms with van der Waals surface area (Å²) in [4.78, 5) is 11.7. The first-order valence-corrected chi connectivity index (χ1v) is 7.63. The molecule has 0 aliphatic heterocycles. The Morgan fingerprint density at radius 3 is 2.84 bits per heavy atom. The fraction of sp³-hybridized carbons (Fsp3) is 0.812. The molecule has 0 aromatic rings. The largest absolute Gasteiger partial charge is 0.464 e. The first-order chi connectivity index (χ1) is 9.12. The van der Waals surface area contributed by atoms with Gasteiger partial charge in [0.25, 0.3) is 0 Å². The third-order valence-electron chi connectivity index (χ3n) is 4.02. The maximum atomic E-state index is 11.7. The van der Waals surface area contributed by atoms with E-state index < -0.39 is 11.6 Å². The summed E-state index contributed by atoms with van der Waals surface area (Å²) in [5, 5.41) is 10.2. The highest BCUT2D eigenvalue weighted by atomic mass is 16.5. The molecule has 3 heteroatoms. The number of hydrogen-bond acceptors (Lipinski definition) is 3. The quantitative estimate of drug-likeness (QED) is 0.395. The van der Waals surface area contributed by atoms with Gasteiger partial charge in [0.1, 0.15) is 0 Å². The Bertz CT molecular complexity index is 288. The van der Waals surface area contributed by atoms with Crippen LogP contribution in [-0.4, -0.2) is 23.3 Å². The molecule has 0 bridgehead atoms. The topological polar surface area (TPSA) is 46.5 Å². The van der Waals surface area contributed by atoms with Crippen LogP contribution < -0.4 is 0 Å². The first-order valence-electron chi connectivity index (χ1n) is 7.63. The summed E-state index contributed by atoms with van der Waals surface area (Å²) >= 11 is 0. The van der Waals surface area contributed by atoms with Gasteiger partial charge < -0.3 is 9.84 Å². The third kappa shape index (κ3) is 5.35. The van der Waals surface area contributed by atoms with Crippen LogP contribution in [0.4, 0.5) is 0 Å². The van der Waals surface area contributed by atoms with Crippen LogP contribution in [0.5, 0.6) is 0 Å². The highest BCUT2D eigenvalue weighted by Gasteiger charge is 2.44. The van der Waals surface area contributed by atoms with E-state index >= 15 is 0 Å².